The van der Waals surface area contributed by atoms with Crippen molar-refractivity contribution in [1.82, 2.24) is 0 Å². The Hall–Kier alpha value is -1.59. The number of rotatable bonds is 55. The minimum absolute atomic E-state index is 0.0624. The van der Waals surface area contributed by atoms with Crippen LogP contribution in [0.4, 0.5) is 0 Å². The van der Waals surface area contributed by atoms with Crippen molar-refractivity contribution in [2.24, 2.45) is 11.8 Å². The number of unbranched alkanes of at least 4 members (excludes halogenated alkanes) is 39. The number of carbonyl (C=O) groups excluding carboxylic acids is 3. The van der Waals surface area contributed by atoms with Crippen molar-refractivity contribution < 1.29 is 28.6 Å². The van der Waals surface area contributed by atoms with Crippen LogP contribution < -0.4 is 0 Å². The van der Waals surface area contributed by atoms with E-state index in [1.165, 1.54) is 231 Å². The van der Waals surface area contributed by atoms with E-state index in [2.05, 4.69) is 34.6 Å². The van der Waals surface area contributed by atoms with E-state index in [9.17, 15) is 14.4 Å². The average molecular weight is 948 g/mol. The summed E-state index contributed by atoms with van der Waals surface area (Å²) in [6.07, 6.45) is 58.1. The fourth-order valence-corrected chi connectivity index (χ4v) is 9.37. The Bertz CT molecular complexity index is 1030. The van der Waals surface area contributed by atoms with Gasteiger partial charge in [-0.3, -0.25) is 14.4 Å². The van der Waals surface area contributed by atoms with Crippen molar-refractivity contribution in [1.29, 1.82) is 0 Å². The number of hydrogen-bond acceptors (Lipinski definition) is 6. The largest absolute Gasteiger partial charge is 0.462 e. The van der Waals surface area contributed by atoms with Crippen LogP contribution in [0.2, 0.25) is 0 Å². The highest BCUT2D eigenvalue weighted by Crippen LogP contribution is 2.19. The Morgan fingerprint density at radius 1 is 0.313 bits per heavy atom. The minimum Gasteiger partial charge on any atom is -0.462 e. The smallest absolute Gasteiger partial charge is 0.306 e. The normalized spacial score (nSPS) is 12.4. The standard InChI is InChI=1S/C61H118O6/c1-6-8-9-10-11-12-31-36-41-46-51-59(62)65-54-58(55-66-60(63)52-47-42-37-32-27-23-20-19-21-25-29-34-39-44-49-56(3)4)67-61(64)53-48-43-38-33-28-24-18-16-14-13-15-17-22-26-30-35-40-45-50-57(5)7-2/h56-58H,6-55H2,1-5H3/t57?,58-/m0/s1. The van der Waals surface area contributed by atoms with Crippen molar-refractivity contribution in [2.75, 3.05) is 13.2 Å². The predicted octanol–water partition coefficient (Wildman–Crippen LogP) is 20.0. The maximum atomic E-state index is 12.9. The fourth-order valence-electron chi connectivity index (χ4n) is 9.37. The Morgan fingerprint density at radius 2 is 0.567 bits per heavy atom. The summed E-state index contributed by atoms with van der Waals surface area (Å²) in [6, 6.07) is 0. The lowest BCUT2D eigenvalue weighted by Gasteiger charge is -2.18. The molecule has 0 saturated heterocycles. The van der Waals surface area contributed by atoms with E-state index >= 15 is 0 Å². The molecule has 0 aliphatic rings. The molecule has 0 saturated carbocycles. The molecule has 0 aliphatic heterocycles. The first-order valence-corrected chi connectivity index (χ1v) is 30.3. The molecule has 0 heterocycles. The van der Waals surface area contributed by atoms with Crippen molar-refractivity contribution in [2.45, 2.75) is 349 Å². The van der Waals surface area contributed by atoms with Crippen LogP contribution >= 0.6 is 0 Å². The molecule has 2 atom stereocenters. The van der Waals surface area contributed by atoms with Gasteiger partial charge in [0, 0.05) is 19.3 Å². The lowest BCUT2D eigenvalue weighted by atomic mass is 9.99. The third-order valence-corrected chi connectivity index (χ3v) is 14.3. The highest BCUT2D eigenvalue weighted by Gasteiger charge is 2.19. The van der Waals surface area contributed by atoms with E-state index in [0.717, 1.165) is 69.6 Å². The fraction of sp³-hybridized carbons (Fsp3) is 0.951. The van der Waals surface area contributed by atoms with E-state index in [1.54, 1.807) is 0 Å². The monoisotopic (exact) mass is 947 g/mol. The molecule has 6 heteroatoms. The molecule has 0 fully saturated rings. The van der Waals surface area contributed by atoms with E-state index in [4.69, 9.17) is 14.2 Å². The first-order valence-electron chi connectivity index (χ1n) is 30.3. The van der Waals surface area contributed by atoms with Gasteiger partial charge in [-0.05, 0) is 31.1 Å². The van der Waals surface area contributed by atoms with E-state index in [0.29, 0.717) is 19.3 Å². The second-order valence-corrected chi connectivity index (χ2v) is 21.7. The van der Waals surface area contributed by atoms with E-state index in [-0.39, 0.29) is 31.1 Å². The summed E-state index contributed by atoms with van der Waals surface area (Å²) in [5.74, 6) is 0.916. The van der Waals surface area contributed by atoms with Gasteiger partial charge in [0.15, 0.2) is 6.10 Å². The maximum Gasteiger partial charge on any atom is 0.306 e. The number of hydrogen-bond donors (Lipinski definition) is 0. The van der Waals surface area contributed by atoms with Gasteiger partial charge < -0.3 is 14.2 Å². The second-order valence-electron chi connectivity index (χ2n) is 21.7. The van der Waals surface area contributed by atoms with Crippen LogP contribution in [-0.4, -0.2) is 37.2 Å². The van der Waals surface area contributed by atoms with Gasteiger partial charge in [0.05, 0.1) is 0 Å². The van der Waals surface area contributed by atoms with Crippen LogP contribution in [0.1, 0.15) is 343 Å². The molecule has 0 rings (SSSR count). The number of ether oxygens (including phenoxy) is 3. The molecule has 0 spiro atoms. The zero-order chi connectivity index (χ0) is 48.9. The summed E-state index contributed by atoms with van der Waals surface area (Å²) in [4.78, 5) is 38.1. The molecule has 1 unspecified atom stereocenters. The topological polar surface area (TPSA) is 78.9 Å². The van der Waals surface area contributed by atoms with Crippen molar-refractivity contribution in [3.8, 4) is 0 Å². The first-order chi connectivity index (χ1) is 32.8. The summed E-state index contributed by atoms with van der Waals surface area (Å²) >= 11 is 0. The molecule has 67 heavy (non-hydrogen) atoms. The van der Waals surface area contributed by atoms with Crippen LogP contribution in [0.25, 0.3) is 0 Å². The highest BCUT2D eigenvalue weighted by molar-refractivity contribution is 5.71. The molecule has 0 amide bonds. The van der Waals surface area contributed by atoms with Crippen LogP contribution in [-0.2, 0) is 28.6 Å². The summed E-state index contributed by atoms with van der Waals surface area (Å²) < 4.78 is 16.9. The van der Waals surface area contributed by atoms with Crippen LogP contribution in [0.3, 0.4) is 0 Å². The summed E-state index contributed by atoms with van der Waals surface area (Å²) in [5, 5.41) is 0. The highest BCUT2D eigenvalue weighted by atomic mass is 16.6. The lowest BCUT2D eigenvalue weighted by molar-refractivity contribution is -0.167. The Kier molecular flexibility index (Phi) is 52.5. The SMILES string of the molecule is CCCCCCCCCCCCC(=O)OC[C@@H](COC(=O)CCCCCCCCCCCCCCCCC(C)C)OC(=O)CCCCCCCCCCCCCCCCCCCCC(C)CC. The van der Waals surface area contributed by atoms with E-state index < -0.39 is 6.10 Å². The minimum atomic E-state index is -0.762. The van der Waals surface area contributed by atoms with Gasteiger partial charge >= 0.3 is 17.9 Å². The van der Waals surface area contributed by atoms with Gasteiger partial charge in [0.25, 0.3) is 0 Å². The van der Waals surface area contributed by atoms with Crippen molar-refractivity contribution in [3.63, 3.8) is 0 Å². The lowest BCUT2D eigenvalue weighted by Crippen LogP contribution is -2.30. The molecule has 0 aromatic rings. The first kappa shape index (κ1) is 65.4. The molecule has 0 aromatic carbocycles. The van der Waals surface area contributed by atoms with Crippen molar-refractivity contribution >= 4 is 17.9 Å². The Labute approximate surface area is 418 Å². The molecule has 0 bridgehead atoms. The average Bonchev–Trinajstić information content (AvgIpc) is 3.31. The Balaban J connectivity index is 4.20. The number of carbonyl (C=O) groups is 3. The quantitative estimate of drug-likeness (QED) is 0.0343. The third-order valence-electron chi connectivity index (χ3n) is 14.3. The zero-order valence-corrected chi connectivity index (χ0v) is 46.0. The molecule has 0 N–H and O–H groups in total. The van der Waals surface area contributed by atoms with Gasteiger partial charge in [0.2, 0.25) is 0 Å². The van der Waals surface area contributed by atoms with Crippen LogP contribution in [0.15, 0.2) is 0 Å². The molecule has 0 aromatic heterocycles. The van der Waals surface area contributed by atoms with Crippen molar-refractivity contribution in [3.05, 3.63) is 0 Å². The second kappa shape index (κ2) is 53.8. The molecular weight excluding hydrogens is 829 g/mol. The maximum absolute atomic E-state index is 12.9. The molecule has 0 radical (unpaired) electrons. The molecule has 6 nitrogen and oxygen atoms in total. The zero-order valence-electron chi connectivity index (χ0n) is 46.0. The van der Waals surface area contributed by atoms with Gasteiger partial charge in [-0.15, -0.1) is 0 Å². The van der Waals surface area contributed by atoms with Gasteiger partial charge in [0.1, 0.15) is 13.2 Å². The molecule has 398 valence electrons. The van der Waals surface area contributed by atoms with Gasteiger partial charge in [-0.1, -0.05) is 304 Å². The van der Waals surface area contributed by atoms with Gasteiger partial charge in [-0.2, -0.15) is 0 Å². The molecular formula is C61H118O6. The summed E-state index contributed by atoms with van der Waals surface area (Å²) in [6.45, 7) is 11.5. The van der Waals surface area contributed by atoms with Crippen LogP contribution in [0.5, 0.6) is 0 Å². The van der Waals surface area contributed by atoms with E-state index in [1.807, 2.05) is 0 Å². The molecule has 0 aliphatic carbocycles. The third kappa shape index (κ3) is 53.6. The van der Waals surface area contributed by atoms with Gasteiger partial charge in [-0.25, -0.2) is 0 Å². The predicted molar refractivity (Wildman–Crippen MR) is 289 cm³/mol. The van der Waals surface area contributed by atoms with Crippen LogP contribution in [0, 0.1) is 11.8 Å². The Morgan fingerprint density at radius 3 is 0.851 bits per heavy atom. The summed E-state index contributed by atoms with van der Waals surface area (Å²) in [5.41, 5.74) is 0. The summed E-state index contributed by atoms with van der Waals surface area (Å²) in [7, 11) is 0. The number of esters is 3.